The van der Waals surface area contributed by atoms with Gasteiger partial charge in [-0.25, -0.2) is 4.79 Å². The minimum absolute atomic E-state index is 0.00719. The summed E-state index contributed by atoms with van der Waals surface area (Å²) in [6.45, 7) is 7.07. The number of carboxylic acids is 1. The summed E-state index contributed by atoms with van der Waals surface area (Å²) in [6.07, 6.45) is 0.319. The van der Waals surface area contributed by atoms with E-state index in [-0.39, 0.29) is 37.5 Å². The van der Waals surface area contributed by atoms with Gasteiger partial charge in [-0.05, 0) is 30.2 Å². The van der Waals surface area contributed by atoms with Crippen molar-refractivity contribution in [2.45, 2.75) is 77.5 Å². The van der Waals surface area contributed by atoms with Gasteiger partial charge in [-0.2, -0.15) is 0 Å². The van der Waals surface area contributed by atoms with Crippen LogP contribution in [-0.4, -0.2) is 58.9 Å². The summed E-state index contributed by atoms with van der Waals surface area (Å²) >= 11 is 0. The fraction of sp³-hybridized carbons (Fsp3) is 0.560. The van der Waals surface area contributed by atoms with Crippen LogP contribution in [0.4, 0.5) is 0 Å². The predicted octanol–water partition coefficient (Wildman–Crippen LogP) is 0.0630. The zero-order chi connectivity index (χ0) is 27.4. The highest BCUT2D eigenvalue weighted by Crippen LogP contribution is 2.10. The summed E-state index contributed by atoms with van der Waals surface area (Å²) in [5, 5.41) is 17.2. The van der Waals surface area contributed by atoms with E-state index in [2.05, 4.69) is 16.0 Å². The number of amides is 4. The van der Waals surface area contributed by atoms with Gasteiger partial charge in [0.05, 0.1) is 6.04 Å². The van der Waals surface area contributed by atoms with Crippen LogP contribution in [0, 0.1) is 11.8 Å². The quantitative estimate of drug-likeness (QED) is 0.194. The van der Waals surface area contributed by atoms with Gasteiger partial charge < -0.3 is 32.5 Å². The van der Waals surface area contributed by atoms with Gasteiger partial charge in [0.15, 0.2) is 0 Å². The van der Waals surface area contributed by atoms with E-state index in [1.807, 2.05) is 19.9 Å². The molecule has 0 radical (unpaired) electrons. The maximum absolute atomic E-state index is 13.3. The molecule has 0 aromatic heterocycles. The predicted molar refractivity (Wildman–Crippen MR) is 134 cm³/mol. The molecule has 0 heterocycles. The Morgan fingerprint density at radius 2 is 1.42 bits per heavy atom. The highest BCUT2D eigenvalue weighted by molar-refractivity contribution is 5.94. The molecular weight excluding hydrogens is 466 g/mol. The molecule has 0 saturated carbocycles. The lowest BCUT2D eigenvalue weighted by molar-refractivity contribution is -0.143. The zero-order valence-corrected chi connectivity index (χ0v) is 21.3. The largest absolute Gasteiger partial charge is 0.480 e. The first-order valence-corrected chi connectivity index (χ1v) is 12.0. The second-order valence-corrected chi connectivity index (χ2v) is 9.62. The van der Waals surface area contributed by atoms with Crippen molar-refractivity contribution < 1.29 is 29.1 Å². The van der Waals surface area contributed by atoms with Crippen molar-refractivity contribution in [3.05, 3.63) is 35.9 Å². The summed E-state index contributed by atoms with van der Waals surface area (Å²) in [5.74, 6) is -4.01. The molecule has 4 amide bonds. The number of carboxylic acid groups (broad SMARTS) is 1. The van der Waals surface area contributed by atoms with E-state index in [0.717, 1.165) is 5.56 Å². The van der Waals surface area contributed by atoms with Crippen LogP contribution >= 0.6 is 0 Å². The number of rotatable bonds is 15. The molecule has 1 aromatic carbocycles. The molecule has 1 rings (SSSR count). The van der Waals surface area contributed by atoms with Crippen LogP contribution in [0.25, 0.3) is 0 Å². The summed E-state index contributed by atoms with van der Waals surface area (Å²) < 4.78 is 0. The molecule has 11 nitrogen and oxygen atoms in total. The molecule has 4 unspecified atom stereocenters. The normalized spacial score (nSPS) is 14.4. The Labute approximate surface area is 211 Å². The van der Waals surface area contributed by atoms with Gasteiger partial charge in [-0.1, -0.05) is 58.0 Å². The Morgan fingerprint density at radius 3 is 1.92 bits per heavy atom. The zero-order valence-electron chi connectivity index (χ0n) is 21.3. The van der Waals surface area contributed by atoms with Gasteiger partial charge in [0.1, 0.15) is 18.1 Å². The van der Waals surface area contributed by atoms with Crippen LogP contribution < -0.4 is 27.4 Å². The molecule has 8 N–H and O–H groups in total. The standard InChI is InChI=1S/C25H39N5O6/c1-14(2)12-18(24(34)30-21(15(3)4)25(35)36)29-23(33)19(13-16-8-6-5-7-9-16)28-22(32)17(26)10-11-20(27)31/h5-9,14-15,17-19,21H,10-13,26H2,1-4H3,(H2,27,31)(H,28,32)(H,29,33)(H,30,34)(H,35,36). The first kappa shape index (κ1) is 30.6. The van der Waals surface area contributed by atoms with Gasteiger partial charge in [0, 0.05) is 12.8 Å². The Kier molecular flexibility index (Phi) is 12.6. The minimum atomic E-state index is -1.17. The number of hydrogen-bond donors (Lipinski definition) is 6. The number of nitrogens with two attached hydrogens (primary N) is 2. The van der Waals surface area contributed by atoms with Crippen LogP contribution in [0.1, 0.15) is 52.5 Å². The van der Waals surface area contributed by atoms with Crippen molar-refractivity contribution in [2.24, 2.45) is 23.3 Å². The second-order valence-electron chi connectivity index (χ2n) is 9.62. The van der Waals surface area contributed by atoms with Crippen molar-refractivity contribution in [1.82, 2.24) is 16.0 Å². The molecule has 0 aliphatic heterocycles. The molecular formula is C25H39N5O6. The second kappa shape index (κ2) is 14.8. The van der Waals surface area contributed by atoms with Gasteiger partial charge in [-0.3, -0.25) is 19.2 Å². The molecule has 0 saturated heterocycles. The Bertz CT molecular complexity index is 905. The summed E-state index contributed by atoms with van der Waals surface area (Å²) in [7, 11) is 0. The smallest absolute Gasteiger partial charge is 0.326 e. The van der Waals surface area contributed by atoms with Crippen molar-refractivity contribution in [1.29, 1.82) is 0 Å². The van der Waals surface area contributed by atoms with Crippen LogP contribution in [0.2, 0.25) is 0 Å². The molecule has 4 atom stereocenters. The molecule has 200 valence electrons. The van der Waals surface area contributed by atoms with Crippen LogP contribution in [0.5, 0.6) is 0 Å². The fourth-order valence-corrected chi connectivity index (χ4v) is 3.51. The van der Waals surface area contributed by atoms with Crippen molar-refractivity contribution in [3.8, 4) is 0 Å². The first-order valence-electron chi connectivity index (χ1n) is 12.0. The number of primary amides is 1. The van der Waals surface area contributed by atoms with Crippen molar-refractivity contribution >= 4 is 29.6 Å². The third-order valence-electron chi connectivity index (χ3n) is 5.52. The van der Waals surface area contributed by atoms with Gasteiger partial charge in [0.25, 0.3) is 0 Å². The lowest BCUT2D eigenvalue weighted by Gasteiger charge is -2.27. The van der Waals surface area contributed by atoms with Gasteiger partial charge in [-0.15, -0.1) is 0 Å². The summed E-state index contributed by atoms with van der Waals surface area (Å²) in [4.78, 5) is 61.5. The molecule has 36 heavy (non-hydrogen) atoms. The number of benzene rings is 1. The Morgan fingerprint density at radius 1 is 0.861 bits per heavy atom. The van der Waals surface area contributed by atoms with E-state index in [4.69, 9.17) is 11.5 Å². The monoisotopic (exact) mass is 505 g/mol. The molecule has 1 aromatic rings. The highest BCUT2D eigenvalue weighted by atomic mass is 16.4. The van der Waals surface area contributed by atoms with Gasteiger partial charge >= 0.3 is 5.97 Å². The molecule has 0 fully saturated rings. The van der Waals surface area contributed by atoms with Crippen LogP contribution in [0.3, 0.4) is 0 Å². The van der Waals surface area contributed by atoms with E-state index >= 15 is 0 Å². The molecule has 0 spiro atoms. The van der Waals surface area contributed by atoms with E-state index < -0.39 is 53.8 Å². The minimum Gasteiger partial charge on any atom is -0.480 e. The number of carbonyl (C=O) groups is 5. The third kappa shape index (κ3) is 10.9. The number of carbonyl (C=O) groups excluding carboxylic acids is 4. The van der Waals surface area contributed by atoms with E-state index in [0.29, 0.717) is 0 Å². The third-order valence-corrected chi connectivity index (χ3v) is 5.52. The lowest BCUT2D eigenvalue weighted by Crippen LogP contribution is -2.58. The van der Waals surface area contributed by atoms with E-state index in [1.165, 1.54) is 0 Å². The topological polar surface area (TPSA) is 194 Å². The van der Waals surface area contributed by atoms with Crippen molar-refractivity contribution in [2.75, 3.05) is 0 Å². The van der Waals surface area contributed by atoms with E-state index in [1.54, 1.807) is 38.1 Å². The number of nitrogens with one attached hydrogen (secondary N) is 3. The molecule has 0 aliphatic rings. The summed E-state index contributed by atoms with van der Waals surface area (Å²) in [6, 6.07) is 4.71. The maximum Gasteiger partial charge on any atom is 0.326 e. The Balaban J connectivity index is 3.09. The van der Waals surface area contributed by atoms with Gasteiger partial charge in [0.2, 0.25) is 23.6 Å². The van der Waals surface area contributed by atoms with Crippen LogP contribution in [0.15, 0.2) is 30.3 Å². The maximum atomic E-state index is 13.3. The first-order chi connectivity index (χ1) is 16.8. The summed E-state index contributed by atoms with van der Waals surface area (Å²) in [5.41, 5.74) is 11.7. The SMILES string of the molecule is CC(C)CC(NC(=O)C(Cc1ccccc1)NC(=O)C(N)CCC(N)=O)C(=O)NC(C(=O)O)C(C)C. The Hall–Kier alpha value is -3.47. The van der Waals surface area contributed by atoms with E-state index in [9.17, 15) is 29.1 Å². The average Bonchev–Trinajstić information content (AvgIpc) is 2.79. The number of aliphatic carboxylic acids is 1. The average molecular weight is 506 g/mol. The fourth-order valence-electron chi connectivity index (χ4n) is 3.51. The highest BCUT2D eigenvalue weighted by Gasteiger charge is 2.31. The molecule has 11 heteroatoms. The lowest BCUT2D eigenvalue weighted by atomic mass is 9.99. The molecule has 0 aliphatic carbocycles. The van der Waals surface area contributed by atoms with Crippen molar-refractivity contribution in [3.63, 3.8) is 0 Å². The molecule has 0 bridgehead atoms. The van der Waals surface area contributed by atoms with Crippen LogP contribution in [-0.2, 0) is 30.4 Å². The number of hydrogen-bond acceptors (Lipinski definition) is 6.